The Bertz CT molecular complexity index is 828. The number of carbonyl (C=O) groups is 1. The minimum atomic E-state index is -1.31. The zero-order valence-corrected chi connectivity index (χ0v) is 14.6. The van der Waals surface area contributed by atoms with Crippen LogP contribution in [0.1, 0.15) is 18.9 Å². The van der Waals surface area contributed by atoms with Crippen molar-refractivity contribution in [2.45, 2.75) is 32.5 Å². The molecule has 0 unspecified atom stereocenters. The number of alkyl halides is 1. The number of piperidine rings is 1. The van der Waals surface area contributed by atoms with Gasteiger partial charge >= 0.3 is 0 Å². The number of hydrogen-bond acceptors (Lipinski definition) is 3. The number of aromatic nitrogens is 1. The van der Waals surface area contributed by atoms with Crippen LogP contribution in [0.3, 0.4) is 0 Å². The van der Waals surface area contributed by atoms with Crippen LogP contribution in [0.5, 0.6) is 0 Å². The Morgan fingerprint density at radius 1 is 1.27 bits per heavy atom. The molecule has 0 aliphatic carbocycles. The fourth-order valence-electron chi connectivity index (χ4n) is 3.13. The highest BCUT2D eigenvalue weighted by Gasteiger charge is 2.31. The number of aryl methyl sites for hydroxylation is 1. The lowest BCUT2D eigenvalue weighted by atomic mass is 10.0. The summed E-state index contributed by atoms with van der Waals surface area (Å²) in [6.45, 7) is 3.36. The van der Waals surface area contributed by atoms with E-state index >= 15 is 0 Å². The highest BCUT2D eigenvalue weighted by atomic mass is 19.1. The number of pyridine rings is 1. The van der Waals surface area contributed by atoms with Crippen LogP contribution >= 0.6 is 0 Å². The van der Waals surface area contributed by atoms with Gasteiger partial charge in [0.2, 0.25) is 5.91 Å². The van der Waals surface area contributed by atoms with E-state index in [1.807, 2.05) is 0 Å². The monoisotopic (exact) mass is 363 g/mol. The average molecular weight is 363 g/mol. The van der Waals surface area contributed by atoms with Crippen LogP contribution in [-0.2, 0) is 4.79 Å². The van der Waals surface area contributed by atoms with E-state index in [-0.39, 0.29) is 24.0 Å². The summed E-state index contributed by atoms with van der Waals surface area (Å²) in [7, 11) is 0. The van der Waals surface area contributed by atoms with E-state index in [0.29, 0.717) is 29.8 Å². The number of nitrogens with one attached hydrogen (secondary N) is 1. The van der Waals surface area contributed by atoms with Gasteiger partial charge in [-0.15, -0.1) is 0 Å². The first-order valence-electron chi connectivity index (χ1n) is 8.43. The Morgan fingerprint density at radius 2 is 2.04 bits per heavy atom. The second kappa shape index (κ2) is 7.35. The first kappa shape index (κ1) is 18.2. The number of rotatable bonds is 3. The van der Waals surface area contributed by atoms with Crippen molar-refractivity contribution in [2.24, 2.45) is 0 Å². The zero-order chi connectivity index (χ0) is 18.8. The van der Waals surface area contributed by atoms with Gasteiger partial charge in [-0.05, 0) is 31.0 Å². The molecule has 1 aliphatic rings. The van der Waals surface area contributed by atoms with Crippen molar-refractivity contribution in [1.82, 2.24) is 10.3 Å². The maximum absolute atomic E-state index is 14.4. The number of anilines is 1. The maximum atomic E-state index is 14.4. The van der Waals surface area contributed by atoms with E-state index in [1.54, 1.807) is 24.0 Å². The van der Waals surface area contributed by atoms with Gasteiger partial charge in [-0.2, -0.15) is 0 Å². The van der Waals surface area contributed by atoms with Crippen molar-refractivity contribution in [1.29, 1.82) is 0 Å². The minimum Gasteiger partial charge on any atom is -0.366 e. The molecular formula is C19H20F3N3O. The van der Waals surface area contributed by atoms with Gasteiger partial charge < -0.3 is 10.2 Å². The van der Waals surface area contributed by atoms with E-state index in [0.717, 1.165) is 6.20 Å². The number of halogens is 3. The number of hydrogen-bond donors (Lipinski definition) is 1. The normalized spacial score (nSPS) is 20.1. The van der Waals surface area contributed by atoms with Crippen LogP contribution in [-0.4, -0.2) is 36.2 Å². The Balaban J connectivity index is 1.84. The number of benzene rings is 1. The van der Waals surface area contributed by atoms with Gasteiger partial charge in [0.15, 0.2) is 5.82 Å². The van der Waals surface area contributed by atoms with Crippen LogP contribution in [0.15, 0.2) is 30.5 Å². The Hall–Kier alpha value is -2.57. The second-order valence-corrected chi connectivity index (χ2v) is 6.54. The molecule has 0 bridgehead atoms. The zero-order valence-electron chi connectivity index (χ0n) is 14.6. The van der Waals surface area contributed by atoms with Crippen molar-refractivity contribution in [2.75, 3.05) is 18.0 Å². The van der Waals surface area contributed by atoms with Gasteiger partial charge in [-0.25, -0.2) is 13.2 Å². The molecule has 1 amide bonds. The van der Waals surface area contributed by atoms with Crippen molar-refractivity contribution in [3.63, 3.8) is 0 Å². The van der Waals surface area contributed by atoms with Gasteiger partial charge in [-0.1, -0.05) is 12.1 Å². The molecule has 1 N–H and O–H groups in total. The molecule has 1 saturated heterocycles. The summed E-state index contributed by atoms with van der Waals surface area (Å²) in [5.74, 6) is -1.22. The third-order valence-corrected chi connectivity index (χ3v) is 4.57. The van der Waals surface area contributed by atoms with Crippen molar-refractivity contribution in [3.8, 4) is 11.3 Å². The highest BCUT2D eigenvalue weighted by Crippen LogP contribution is 2.29. The van der Waals surface area contributed by atoms with Crippen molar-refractivity contribution in [3.05, 3.63) is 47.7 Å². The molecule has 1 aliphatic heterocycles. The molecule has 0 spiro atoms. The van der Waals surface area contributed by atoms with Crippen LogP contribution in [0, 0.1) is 18.6 Å². The first-order chi connectivity index (χ1) is 12.3. The molecule has 1 fully saturated rings. The molecule has 2 heterocycles. The third-order valence-electron chi connectivity index (χ3n) is 4.57. The lowest BCUT2D eigenvalue weighted by Crippen LogP contribution is -2.52. The Morgan fingerprint density at radius 3 is 2.69 bits per heavy atom. The second-order valence-electron chi connectivity index (χ2n) is 6.54. The van der Waals surface area contributed by atoms with E-state index in [9.17, 15) is 18.0 Å². The fourth-order valence-corrected chi connectivity index (χ4v) is 3.13. The Kier molecular flexibility index (Phi) is 5.15. The minimum absolute atomic E-state index is 0.0341. The number of carbonyl (C=O) groups excluding carboxylic acids is 1. The molecule has 1 aromatic carbocycles. The van der Waals surface area contributed by atoms with Gasteiger partial charge in [0.1, 0.15) is 12.0 Å². The van der Waals surface area contributed by atoms with Gasteiger partial charge in [-0.3, -0.25) is 9.78 Å². The third kappa shape index (κ3) is 3.81. The summed E-state index contributed by atoms with van der Waals surface area (Å²) in [5.41, 5.74) is 1.68. The molecule has 0 saturated carbocycles. The molecule has 2 aromatic rings. The maximum Gasteiger partial charge on any atom is 0.217 e. The van der Waals surface area contributed by atoms with Gasteiger partial charge in [0.25, 0.3) is 0 Å². The SMILES string of the molecule is CC(=O)N[C@@H]1CCN(c2cc(-c3ccc(C)c(F)c3)ncc2F)C[C@H]1F. The highest BCUT2D eigenvalue weighted by molar-refractivity contribution is 5.73. The predicted octanol–water partition coefficient (Wildman–Crippen LogP) is 3.39. The van der Waals surface area contributed by atoms with Crippen molar-refractivity contribution < 1.29 is 18.0 Å². The van der Waals surface area contributed by atoms with Gasteiger partial charge in [0.05, 0.1) is 30.2 Å². The van der Waals surface area contributed by atoms with Crippen LogP contribution < -0.4 is 10.2 Å². The van der Waals surface area contributed by atoms with E-state index in [4.69, 9.17) is 0 Å². The molecule has 26 heavy (non-hydrogen) atoms. The van der Waals surface area contributed by atoms with Crippen LogP contribution in [0.25, 0.3) is 11.3 Å². The average Bonchev–Trinajstić information content (AvgIpc) is 2.59. The summed E-state index contributed by atoms with van der Waals surface area (Å²) in [6.07, 6.45) is 0.132. The molecule has 4 nitrogen and oxygen atoms in total. The molecule has 1 aromatic heterocycles. The predicted molar refractivity (Wildman–Crippen MR) is 93.7 cm³/mol. The topological polar surface area (TPSA) is 45.2 Å². The molecule has 138 valence electrons. The summed E-state index contributed by atoms with van der Waals surface area (Å²) in [4.78, 5) is 16.7. The summed E-state index contributed by atoms with van der Waals surface area (Å²) in [6, 6.07) is 5.62. The largest absolute Gasteiger partial charge is 0.366 e. The quantitative estimate of drug-likeness (QED) is 0.909. The lowest BCUT2D eigenvalue weighted by molar-refractivity contribution is -0.120. The molecule has 2 atom stereocenters. The summed E-state index contributed by atoms with van der Waals surface area (Å²) >= 11 is 0. The first-order valence-corrected chi connectivity index (χ1v) is 8.43. The van der Waals surface area contributed by atoms with Gasteiger partial charge in [0, 0.05) is 19.0 Å². The fraction of sp³-hybridized carbons (Fsp3) is 0.368. The molecular weight excluding hydrogens is 343 g/mol. The van der Waals surface area contributed by atoms with Crippen molar-refractivity contribution >= 4 is 11.6 Å². The van der Waals surface area contributed by atoms with E-state index in [1.165, 1.54) is 19.1 Å². The van der Waals surface area contributed by atoms with Crippen LogP contribution in [0.4, 0.5) is 18.9 Å². The molecule has 3 rings (SSSR count). The Labute approximate surface area is 150 Å². The number of amides is 1. The van der Waals surface area contributed by atoms with Crippen LogP contribution in [0.2, 0.25) is 0 Å². The summed E-state index contributed by atoms with van der Waals surface area (Å²) < 4.78 is 42.4. The van der Waals surface area contributed by atoms with E-state index < -0.39 is 18.0 Å². The molecule has 7 heteroatoms. The number of nitrogens with zero attached hydrogens (tertiary/aromatic N) is 2. The standard InChI is InChI=1S/C19H20F3N3O/c1-11-3-4-13(7-14(11)20)18-8-19(15(21)9-23-18)25-6-5-17(16(22)10-25)24-12(2)26/h3-4,7-9,16-17H,5-6,10H2,1-2H3,(H,24,26)/t16-,17-/m1/s1. The van der Waals surface area contributed by atoms with E-state index in [2.05, 4.69) is 10.3 Å². The lowest BCUT2D eigenvalue weighted by Gasteiger charge is -2.36. The summed E-state index contributed by atoms with van der Waals surface area (Å²) in [5, 5.41) is 2.58. The smallest absolute Gasteiger partial charge is 0.217 e. The molecule has 0 radical (unpaired) electrons.